The van der Waals surface area contributed by atoms with E-state index in [4.69, 9.17) is 61.6 Å². The van der Waals surface area contributed by atoms with Gasteiger partial charge in [-0.25, -0.2) is 4.79 Å². The minimum Gasteiger partial charge on any atom is -0.477 e. The zero-order chi connectivity index (χ0) is 69.0. The molecule has 0 bridgehead atoms. The van der Waals surface area contributed by atoms with Crippen molar-refractivity contribution in [1.82, 2.24) is 16.0 Å². The molecule has 0 aromatic heterocycles. The third-order valence-corrected chi connectivity index (χ3v) is 16.7. The van der Waals surface area contributed by atoms with Crippen molar-refractivity contribution in [3.8, 4) is 0 Å². The quantitative estimate of drug-likeness (QED) is 0.0404. The molecule has 93 heavy (non-hydrogen) atoms. The van der Waals surface area contributed by atoms with E-state index < -0.39 is 297 Å². The van der Waals surface area contributed by atoms with E-state index in [0.29, 0.717) is 0 Å². The number of hydrogen-bond acceptors (Lipinski definition) is 38. The van der Waals surface area contributed by atoms with Gasteiger partial charge in [0.05, 0.1) is 58.4 Å². The summed E-state index contributed by atoms with van der Waals surface area (Å²) < 4.78 is 74.8. The van der Waals surface area contributed by atoms with Gasteiger partial charge in [-0.3, -0.25) is 14.4 Å². The largest absolute Gasteiger partial charge is 0.477 e. The predicted octanol–water partition coefficient (Wildman–Crippen LogP) is -16.6. The number of carboxylic acid groups (broad SMARTS) is 1. The van der Waals surface area contributed by atoms with Gasteiger partial charge in [0.15, 0.2) is 37.7 Å². The Hall–Kier alpha value is -3.48. The van der Waals surface area contributed by atoms with Crippen LogP contribution in [0.25, 0.3) is 0 Å². The summed E-state index contributed by atoms with van der Waals surface area (Å²) in [4.78, 5) is 50.5. The summed E-state index contributed by atoms with van der Waals surface area (Å²) in [5, 5.41) is 245. The van der Waals surface area contributed by atoms with Crippen molar-refractivity contribution in [3.63, 3.8) is 0 Å². The van der Waals surface area contributed by atoms with Crippen molar-refractivity contribution >= 4 is 23.7 Å². The Morgan fingerprint density at radius 3 is 1.41 bits per heavy atom. The fraction of sp³-hybridized carbons (Fsp3) is 0.922. The highest BCUT2D eigenvalue weighted by molar-refractivity contribution is 5.77. The molecule has 42 heteroatoms. The van der Waals surface area contributed by atoms with Crippen molar-refractivity contribution in [2.75, 3.05) is 46.2 Å². The number of ether oxygens (including phenoxy) is 13. The van der Waals surface area contributed by atoms with E-state index >= 15 is 0 Å². The number of hydrogen-bond donors (Lipinski definition) is 25. The second-order valence-electron chi connectivity index (χ2n) is 23.3. The van der Waals surface area contributed by atoms with E-state index in [1.54, 1.807) is 0 Å². The third-order valence-electron chi connectivity index (χ3n) is 16.7. The molecule has 0 saturated carbocycles. The van der Waals surface area contributed by atoms with Crippen LogP contribution in [0.15, 0.2) is 0 Å². The van der Waals surface area contributed by atoms with Crippen molar-refractivity contribution in [1.29, 1.82) is 0 Å². The number of amides is 3. The van der Waals surface area contributed by atoms with Gasteiger partial charge in [-0.15, -0.1) is 0 Å². The molecule has 7 aliphatic rings. The number of aliphatic carboxylic acids is 1. The van der Waals surface area contributed by atoms with Crippen LogP contribution < -0.4 is 16.0 Å². The van der Waals surface area contributed by atoms with Gasteiger partial charge in [-0.05, 0) is 0 Å². The maximum Gasteiger partial charge on any atom is 0.364 e. The van der Waals surface area contributed by atoms with Crippen molar-refractivity contribution in [3.05, 3.63) is 0 Å². The lowest BCUT2D eigenvalue weighted by atomic mass is 9.88. The van der Waals surface area contributed by atoms with Gasteiger partial charge in [0, 0.05) is 27.2 Å². The van der Waals surface area contributed by atoms with E-state index in [9.17, 15) is 132 Å². The summed E-state index contributed by atoms with van der Waals surface area (Å²) in [6.45, 7) is -4.61. The number of aliphatic hydroxyl groups excluding tert-OH is 21. The molecule has 3 amide bonds. The Kier molecular flexibility index (Phi) is 27.2. The monoisotopic (exact) mass is 1360 g/mol. The van der Waals surface area contributed by atoms with Crippen LogP contribution >= 0.6 is 0 Å². The second kappa shape index (κ2) is 32.9. The van der Waals surface area contributed by atoms with Crippen LogP contribution in [0.4, 0.5) is 0 Å². The Morgan fingerprint density at radius 1 is 0.441 bits per heavy atom. The molecule has 0 aromatic rings. The SMILES string of the molecule is CC(=O)N[C@H]1[C@H](OC[C@H]2O[C@@H](O[C@H]3[C@H](O)[C@@H](O)[C@@H](O)O[C@@H]3CO)[C@H](O)[C@@H](O[C@@H]3O[C@H](CO)[C@@H](O)[C@H](O[C@@H]4O[C@H](CO)[C@H](O)[C@H](O)[C@H]4O)[C@H]3NC(C)=O)[C@H]2O)O[C@H](CO)[C@@H](O[C@@H]2O[C@H](CO[C@@]3(C(=O)O)C[C@H](O)[C@@H](NC(C)=O)[C@H]([C@H](O)[C@H](O)CO)O3)[C@H](O)[C@H](O)[C@H]2O)[C@@H]1O. The maximum absolute atomic E-state index is 12.9. The first-order valence-corrected chi connectivity index (χ1v) is 29.2. The van der Waals surface area contributed by atoms with Gasteiger partial charge >= 0.3 is 5.97 Å². The molecule has 538 valence electrons. The summed E-state index contributed by atoms with van der Waals surface area (Å²) in [7, 11) is 0. The lowest BCUT2D eigenvalue weighted by molar-refractivity contribution is -0.383. The molecule has 0 aromatic carbocycles. The van der Waals surface area contributed by atoms with Crippen molar-refractivity contribution in [2.45, 2.75) is 248 Å². The number of carboxylic acids is 1. The molecule has 7 aliphatic heterocycles. The first kappa shape index (κ1) is 76.9. The molecule has 0 unspecified atom stereocenters. The van der Waals surface area contributed by atoms with E-state index in [1.807, 2.05) is 0 Å². The average molecular weight is 1360 g/mol. The highest BCUT2D eigenvalue weighted by Crippen LogP contribution is 2.39. The lowest BCUT2D eigenvalue weighted by Gasteiger charge is -2.50. The third kappa shape index (κ3) is 17.0. The van der Waals surface area contributed by atoms with Crippen LogP contribution in [0.1, 0.15) is 27.2 Å². The summed E-state index contributed by atoms with van der Waals surface area (Å²) in [6, 6.07) is -5.33. The Morgan fingerprint density at radius 2 is 0.871 bits per heavy atom. The molecular weight excluding hydrogens is 1280 g/mol. The summed E-state index contributed by atoms with van der Waals surface area (Å²) in [6.07, 6.45) is -66.7. The summed E-state index contributed by atoms with van der Waals surface area (Å²) >= 11 is 0. The highest BCUT2D eigenvalue weighted by Gasteiger charge is 2.60. The molecule has 7 fully saturated rings. The van der Waals surface area contributed by atoms with Crippen LogP contribution in [-0.2, 0) is 80.8 Å². The van der Waals surface area contributed by atoms with Crippen LogP contribution in [0.3, 0.4) is 0 Å². The van der Waals surface area contributed by atoms with E-state index in [1.165, 1.54) is 0 Å². The topological polar surface area (TPSA) is 669 Å². The molecule has 0 spiro atoms. The number of carbonyl (C=O) groups is 4. The van der Waals surface area contributed by atoms with Gasteiger partial charge in [0.1, 0.15) is 165 Å². The van der Waals surface area contributed by atoms with Crippen molar-refractivity contribution in [2.24, 2.45) is 0 Å². The molecule has 0 radical (unpaired) electrons. The van der Waals surface area contributed by atoms with Crippen LogP contribution in [0.2, 0.25) is 0 Å². The first-order chi connectivity index (χ1) is 43.8. The van der Waals surface area contributed by atoms with Crippen LogP contribution in [0, 0.1) is 0 Å². The average Bonchev–Trinajstić information content (AvgIpc) is 0.791. The first-order valence-electron chi connectivity index (χ1n) is 29.2. The Bertz CT molecular complexity index is 2410. The van der Waals surface area contributed by atoms with Crippen LogP contribution in [-0.4, -0.2) is 403 Å². The molecule has 42 nitrogen and oxygen atoms in total. The fourth-order valence-electron chi connectivity index (χ4n) is 11.7. The molecule has 7 heterocycles. The number of nitrogens with one attached hydrogen (secondary N) is 3. The fourth-order valence-corrected chi connectivity index (χ4v) is 11.7. The molecule has 7 saturated heterocycles. The second-order valence-corrected chi connectivity index (χ2v) is 23.3. The van der Waals surface area contributed by atoms with E-state index in [2.05, 4.69) is 16.0 Å². The minimum atomic E-state index is -3.02. The van der Waals surface area contributed by atoms with Gasteiger partial charge in [0.2, 0.25) is 17.7 Å². The molecule has 25 N–H and O–H groups in total. The summed E-state index contributed by atoms with van der Waals surface area (Å²) in [5.74, 6) is -7.66. The maximum atomic E-state index is 12.9. The van der Waals surface area contributed by atoms with Gasteiger partial charge in [0.25, 0.3) is 5.79 Å². The van der Waals surface area contributed by atoms with Crippen LogP contribution in [0.5, 0.6) is 0 Å². The summed E-state index contributed by atoms with van der Waals surface area (Å²) in [5.41, 5.74) is 0. The predicted molar refractivity (Wildman–Crippen MR) is 284 cm³/mol. The Labute approximate surface area is 525 Å². The zero-order valence-corrected chi connectivity index (χ0v) is 49.6. The molecule has 36 atom stereocenters. The number of rotatable bonds is 25. The van der Waals surface area contributed by atoms with Crippen molar-refractivity contribution < 1.29 is 193 Å². The molecule has 0 aliphatic carbocycles. The van der Waals surface area contributed by atoms with Gasteiger partial charge < -0.3 is 190 Å². The standard InChI is InChI=1S/C51H85N3O39/c1-12(60)52-23-15(63)4-51(50(79)80,93-42(23)26(65)16(64)5-55)82-11-22-28(67)33(72)37(76)48(88-22)89-39-20(9-59)86-45(24(31(39)70)53-13(2)61)81-10-21-30(69)43(38(77)49(87-21)90-40-19(8-58)83-44(78)35(74)34(40)73)92-46-25(54-14(3)62)41(29(68)18(7-57)84-46)91-47-36(75)32(71)27(66)17(6-56)85-47/h15-49,55-59,63-78H,4-11H2,1-3H3,(H,52,60)(H,53,61)(H,54,62)(H,79,80)/t15-,16+,17+,18+,19+,20+,21+,22+,23+,24+,25+,26+,27-,28-,29+,30-,31+,32-,33-,34+,35+,36+,37+,38+,39+,40+,41+,42+,43-,44-,45+,46-,47-,48-,49-,51-/m0/s1. The number of aliphatic hydroxyl groups is 21. The van der Waals surface area contributed by atoms with Gasteiger partial charge in [-0.2, -0.15) is 0 Å². The minimum absolute atomic E-state index is 0.809. The van der Waals surface area contributed by atoms with Gasteiger partial charge in [-0.1, -0.05) is 0 Å². The van der Waals surface area contributed by atoms with E-state index in [0.717, 1.165) is 20.8 Å². The molecular formula is C51H85N3O39. The zero-order valence-electron chi connectivity index (χ0n) is 49.6. The highest BCUT2D eigenvalue weighted by atomic mass is 16.8. The lowest BCUT2D eigenvalue weighted by Crippen LogP contribution is -2.70. The molecule has 7 rings (SSSR count). The number of carbonyl (C=O) groups excluding carboxylic acids is 3. The van der Waals surface area contributed by atoms with E-state index in [-0.39, 0.29) is 0 Å². The smallest absolute Gasteiger partial charge is 0.364 e. The Balaban J connectivity index is 1.13. The normalized spacial score (nSPS) is 47.2.